The fraction of sp³-hybridized carbons (Fsp3) is 0.167. The lowest BCUT2D eigenvalue weighted by Crippen LogP contribution is -2.10. The molecule has 0 fully saturated rings. The third kappa shape index (κ3) is 4.22. The highest BCUT2D eigenvalue weighted by atomic mass is 19.1. The second-order valence-electron chi connectivity index (χ2n) is 7.45. The van der Waals surface area contributed by atoms with Gasteiger partial charge < -0.3 is 24.6 Å². The molecule has 0 saturated heterocycles. The number of phenols is 2. The first-order chi connectivity index (χ1) is 15.8. The van der Waals surface area contributed by atoms with E-state index < -0.39 is 29.1 Å². The topological polar surface area (TPSA) is 105 Å². The summed E-state index contributed by atoms with van der Waals surface area (Å²) in [5.41, 5.74) is 1.01. The van der Waals surface area contributed by atoms with Gasteiger partial charge in [-0.3, -0.25) is 0 Å². The van der Waals surface area contributed by atoms with Crippen molar-refractivity contribution in [1.29, 1.82) is 0 Å². The van der Waals surface area contributed by atoms with Crippen LogP contribution in [0, 0.1) is 11.6 Å². The third-order valence-electron chi connectivity index (χ3n) is 5.39. The number of carboxylic acid groups (broad SMARTS) is 1. The summed E-state index contributed by atoms with van der Waals surface area (Å²) in [5, 5.41) is 29.0. The fourth-order valence-electron chi connectivity index (χ4n) is 3.72. The smallest absolute Gasteiger partial charge is 0.335 e. The molecular formula is C24H20F2N2O5. The number of halogens is 2. The summed E-state index contributed by atoms with van der Waals surface area (Å²) in [6.45, 7) is 0.598. The number of ether oxygens (including phenoxy) is 1. The van der Waals surface area contributed by atoms with Crippen LogP contribution in [0.4, 0.5) is 8.78 Å². The second kappa shape index (κ2) is 8.87. The van der Waals surface area contributed by atoms with Crippen molar-refractivity contribution < 1.29 is 33.6 Å². The van der Waals surface area contributed by atoms with E-state index in [0.29, 0.717) is 23.4 Å². The molecule has 0 unspecified atom stereocenters. The monoisotopic (exact) mass is 454 g/mol. The third-order valence-corrected chi connectivity index (χ3v) is 5.39. The number of carboxylic acids is 1. The molecule has 7 nitrogen and oxygen atoms in total. The molecule has 0 bridgehead atoms. The van der Waals surface area contributed by atoms with Gasteiger partial charge in [0.15, 0.2) is 11.5 Å². The Morgan fingerprint density at radius 3 is 2.48 bits per heavy atom. The lowest BCUT2D eigenvalue weighted by Gasteiger charge is -2.12. The van der Waals surface area contributed by atoms with Crippen molar-refractivity contribution in [2.24, 2.45) is 0 Å². The van der Waals surface area contributed by atoms with Crippen molar-refractivity contribution in [3.63, 3.8) is 0 Å². The van der Waals surface area contributed by atoms with Crippen molar-refractivity contribution in [2.45, 2.75) is 13.0 Å². The van der Waals surface area contributed by atoms with Crippen LogP contribution in [0.5, 0.6) is 11.5 Å². The number of hydrogen-bond donors (Lipinski definition) is 3. The minimum atomic E-state index is -1.10. The molecule has 0 aliphatic rings. The largest absolute Gasteiger partial charge is 0.504 e. The van der Waals surface area contributed by atoms with Gasteiger partial charge in [0.25, 0.3) is 0 Å². The van der Waals surface area contributed by atoms with E-state index in [2.05, 4.69) is 4.98 Å². The number of rotatable bonds is 7. The van der Waals surface area contributed by atoms with Gasteiger partial charge in [-0.15, -0.1) is 0 Å². The van der Waals surface area contributed by atoms with E-state index in [1.165, 1.54) is 37.4 Å². The van der Waals surface area contributed by atoms with Crippen LogP contribution in [0.15, 0.2) is 48.5 Å². The predicted molar refractivity (Wildman–Crippen MR) is 116 cm³/mol. The van der Waals surface area contributed by atoms with E-state index in [0.717, 1.165) is 12.1 Å². The maximum Gasteiger partial charge on any atom is 0.335 e. The molecule has 4 rings (SSSR count). The van der Waals surface area contributed by atoms with Gasteiger partial charge >= 0.3 is 5.97 Å². The van der Waals surface area contributed by atoms with E-state index in [1.807, 2.05) is 0 Å². The van der Waals surface area contributed by atoms with Gasteiger partial charge in [0, 0.05) is 31.2 Å². The number of aromatic hydroxyl groups is 2. The van der Waals surface area contributed by atoms with E-state index >= 15 is 8.78 Å². The summed E-state index contributed by atoms with van der Waals surface area (Å²) in [6, 6.07) is 10.7. The Balaban J connectivity index is 1.77. The van der Waals surface area contributed by atoms with Gasteiger partial charge in [-0.2, -0.15) is 0 Å². The van der Waals surface area contributed by atoms with Crippen LogP contribution in [0.2, 0.25) is 0 Å². The van der Waals surface area contributed by atoms with Crippen LogP contribution in [-0.4, -0.2) is 44.6 Å². The highest BCUT2D eigenvalue weighted by molar-refractivity contribution is 5.92. The number of aromatic nitrogens is 2. The minimum Gasteiger partial charge on any atom is -0.504 e. The number of phenolic OH excluding ortho intramolecular Hbond substituents is 2. The lowest BCUT2D eigenvalue weighted by molar-refractivity contribution is 0.0697. The van der Waals surface area contributed by atoms with Gasteiger partial charge in [-0.05, 0) is 42.0 Å². The number of methoxy groups -OCH3 is 1. The molecule has 0 spiro atoms. The van der Waals surface area contributed by atoms with Crippen molar-refractivity contribution in [3.8, 4) is 22.6 Å². The molecule has 3 N–H and O–H groups in total. The Labute approximate surface area is 187 Å². The summed E-state index contributed by atoms with van der Waals surface area (Å²) in [4.78, 5) is 15.8. The normalized spacial score (nSPS) is 11.2. The first-order valence-electron chi connectivity index (χ1n) is 10.0. The maximum absolute atomic E-state index is 15.0. The Kier molecular flexibility index (Phi) is 5.97. The zero-order chi connectivity index (χ0) is 23.7. The van der Waals surface area contributed by atoms with Crippen LogP contribution in [0.25, 0.3) is 22.2 Å². The van der Waals surface area contributed by atoms with Crippen LogP contribution in [-0.2, 0) is 17.7 Å². The number of hydrogen-bond acceptors (Lipinski definition) is 5. The summed E-state index contributed by atoms with van der Waals surface area (Å²) in [6.07, 6.45) is -0.190. The number of aromatic carboxylic acids is 1. The van der Waals surface area contributed by atoms with Crippen molar-refractivity contribution in [3.05, 3.63) is 77.1 Å². The Bertz CT molecular complexity index is 1340. The zero-order valence-corrected chi connectivity index (χ0v) is 17.5. The molecule has 0 aliphatic carbocycles. The fourth-order valence-corrected chi connectivity index (χ4v) is 3.72. The predicted octanol–water partition coefficient (Wildman–Crippen LogP) is 4.33. The first kappa shape index (κ1) is 22.2. The van der Waals surface area contributed by atoms with Crippen LogP contribution < -0.4 is 0 Å². The van der Waals surface area contributed by atoms with E-state index in [-0.39, 0.29) is 35.3 Å². The summed E-state index contributed by atoms with van der Waals surface area (Å²) < 4.78 is 36.8. The van der Waals surface area contributed by atoms with Gasteiger partial charge in [-0.25, -0.2) is 18.6 Å². The summed E-state index contributed by atoms with van der Waals surface area (Å²) in [7, 11) is 1.51. The quantitative estimate of drug-likeness (QED) is 0.359. The molecule has 1 aromatic heterocycles. The van der Waals surface area contributed by atoms with Crippen molar-refractivity contribution >= 4 is 17.0 Å². The number of imidazole rings is 1. The van der Waals surface area contributed by atoms with Crippen LogP contribution in [0.3, 0.4) is 0 Å². The molecule has 0 atom stereocenters. The molecule has 170 valence electrons. The van der Waals surface area contributed by atoms with Gasteiger partial charge in [0.1, 0.15) is 17.5 Å². The van der Waals surface area contributed by atoms with Gasteiger partial charge in [0.2, 0.25) is 0 Å². The first-order valence-corrected chi connectivity index (χ1v) is 10.0. The van der Waals surface area contributed by atoms with Crippen molar-refractivity contribution in [1.82, 2.24) is 9.55 Å². The number of fused-ring (bicyclic) bond motifs is 1. The Hall–Kier alpha value is -3.98. The molecule has 0 amide bonds. The average Bonchev–Trinajstić information content (AvgIpc) is 3.12. The number of nitrogens with zero attached hydrogens (tertiary/aromatic N) is 2. The molecule has 4 aromatic rings. The molecule has 0 radical (unpaired) electrons. The van der Waals surface area contributed by atoms with E-state index in [1.54, 1.807) is 10.6 Å². The highest BCUT2D eigenvalue weighted by Gasteiger charge is 2.20. The Morgan fingerprint density at radius 1 is 1.09 bits per heavy atom. The van der Waals surface area contributed by atoms with Gasteiger partial charge in [0.05, 0.1) is 23.2 Å². The summed E-state index contributed by atoms with van der Waals surface area (Å²) >= 11 is 0. The lowest BCUT2D eigenvalue weighted by atomic mass is 10.00. The second-order valence-corrected chi connectivity index (χ2v) is 7.45. The van der Waals surface area contributed by atoms with Crippen LogP contribution in [0.1, 0.15) is 21.7 Å². The molecule has 33 heavy (non-hydrogen) atoms. The van der Waals surface area contributed by atoms with E-state index in [9.17, 15) is 20.1 Å². The average molecular weight is 454 g/mol. The molecule has 3 aromatic carbocycles. The highest BCUT2D eigenvalue weighted by Crippen LogP contribution is 2.37. The SMILES string of the molecule is COCCn1c(Cc2c(F)cc(-c3cccc(O)c3O)cc2F)nc2ccc(C(=O)O)cc21. The van der Waals surface area contributed by atoms with Crippen molar-refractivity contribution in [2.75, 3.05) is 13.7 Å². The molecule has 0 aliphatic heterocycles. The maximum atomic E-state index is 15.0. The summed E-state index contributed by atoms with van der Waals surface area (Å²) in [5.74, 6) is -3.31. The molecule has 0 saturated carbocycles. The standard InChI is InChI=1S/C24H20F2N2O5/c1-33-8-7-28-20-11-13(24(31)32)5-6-19(20)27-22(28)12-16-17(25)9-14(10-18(16)26)15-3-2-4-21(29)23(15)30/h2-6,9-11,29-30H,7-8,12H2,1H3,(H,31,32). The zero-order valence-electron chi connectivity index (χ0n) is 17.5. The number of para-hydroxylation sites is 1. The minimum absolute atomic E-state index is 0.0697. The molecule has 1 heterocycles. The number of benzene rings is 3. The van der Waals surface area contributed by atoms with Crippen LogP contribution >= 0.6 is 0 Å². The Morgan fingerprint density at radius 2 is 1.82 bits per heavy atom. The van der Waals surface area contributed by atoms with Gasteiger partial charge in [-0.1, -0.05) is 12.1 Å². The van der Waals surface area contributed by atoms with E-state index in [4.69, 9.17) is 4.74 Å². The molecular weight excluding hydrogens is 434 g/mol. The number of carbonyl (C=O) groups is 1. The molecule has 9 heteroatoms.